The number of rotatable bonds is 4. The molecule has 12 aromatic rings. The first kappa shape index (κ1) is 29.9. The lowest BCUT2D eigenvalue weighted by molar-refractivity contribution is 0.669. The highest BCUT2D eigenvalue weighted by molar-refractivity contribution is 6.18. The van der Waals surface area contributed by atoms with Crippen molar-refractivity contribution in [2.45, 2.75) is 0 Å². The lowest BCUT2D eigenvalue weighted by Gasteiger charge is -2.16. The second-order valence-corrected chi connectivity index (χ2v) is 14.0. The Bertz CT molecular complexity index is 3500. The van der Waals surface area contributed by atoms with Crippen molar-refractivity contribution in [1.29, 1.82) is 0 Å². The summed E-state index contributed by atoms with van der Waals surface area (Å²) in [6.45, 7) is 0. The van der Waals surface area contributed by atoms with Crippen LogP contribution in [-0.2, 0) is 0 Å². The highest BCUT2D eigenvalue weighted by Gasteiger charge is 2.25. The van der Waals surface area contributed by atoms with Crippen LogP contribution < -0.4 is 0 Å². The molecule has 0 aliphatic rings. The van der Waals surface area contributed by atoms with Crippen LogP contribution in [0.4, 0.5) is 0 Å². The molecule has 0 aliphatic heterocycles. The van der Waals surface area contributed by atoms with E-state index >= 15 is 0 Å². The van der Waals surface area contributed by atoms with Crippen molar-refractivity contribution in [3.05, 3.63) is 170 Å². The Labute approximate surface area is 313 Å². The minimum atomic E-state index is 0.532. The molecule has 0 bridgehead atoms. The fraction of sp³-hybridized carbons (Fsp3) is 0. The Morgan fingerprint density at radius 3 is 1.85 bits per heavy atom. The molecule has 256 valence electrons. The summed E-state index contributed by atoms with van der Waals surface area (Å²) in [4.78, 5) is 15.8. The van der Waals surface area contributed by atoms with Crippen LogP contribution in [0.15, 0.2) is 179 Å². The maximum atomic E-state index is 6.56. The Kier molecular flexibility index (Phi) is 6.24. The molecule has 0 aliphatic carbocycles. The van der Waals surface area contributed by atoms with Gasteiger partial charge in [0.05, 0.1) is 27.7 Å². The molecule has 4 heterocycles. The predicted octanol–water partition coefficient (Wildman–Crippen LogP) is 12.9. The van der Waals surface area contributed by atoms with Crippen molar-refractivity contribution >= 4 is 76.5 Å². The second-order valence-electron chi connectivity index (χ2n) is 14.0. The summed E-state index contributed by atoms with van der Waals surface area (Å²) >= 11 is 0. The Hall–Kier alpha value is -7.57. The zero-order chi connectivity index (χ0) is 36.0. The first-order chi connectivity index (χ1) is 27.3. The van der Waals surface area contributed by atoms with E-state index in [0.29, 0.717) is 17.5 Å². The first-order valence-electron chi connectivity index (χ1n) is 18.4. The molecule has 4 aromatic heterocycles. The average molecular weight is 705 g/mol. The minimum absolute atomic E-state index is 0.532. The largest absolute Gasteiger partial charge is 0.456 e. The van der Waals surface area contributed by atoms with Gasteiger partial charge in [-0.3, -0.25) is 0 Å². The van der Waals surface area contributed by atoms with Crippen LogP contribution >= 0.6 is 0 Å². The lowest BCUT2D eigenvalue weighted by Crippen LogP contribution is -2.04. The van der Waals surface area contributed by atoms with Crippen molar-refractivity contribution < 1.29 is 8.83 Å². The molecule has 0 unspecified atom stereocenters. The van der Waals surface area contributed by atoms with Gasteiger partial charge in [-0.2, -0.15) is 0 Å². The summed E-state index contributed by atoms with van der Waals surface area (Å²) in [5.74, 6) is 1.65. The third kappa shape index (κ3) is 4.46. The molecule has 0 fully saturated rings. The van der Waals surface area contributed by atoms with E-state index in [1.165, 1.54) is 10.8 Å². The number of nitrogens with zero attached hydrogens (tertiary/aromatic N) is 4. The number of hydrogen-bond donors (Lipinski definition) is 0. The molecule has 0 saturated carbocycles. The van der Waals surface area contributed by atoms with E-state index in [2.05, 4.69) is 95.6 Å². The fourth-order valence-corrected chi connectivity index (χ4v) is 8.36. The Morgan fingerprint density at radius 2 is 1.02 bits per heavy atom. The number of benzene rings is 8. The van der Waals surface area contributed by atoms with Crippen LogP contribution in [0.1, 0.15) is 0 Å². The van der Waals surface area contributed by atoms with E-state index in [0.717, 1.165) is 88.1 Å². The van der Waals surface area contributed by atoms with E-state index in [9.17, 15) is 0 Å². The van der Waals surface area contributed by atoms with Crippen LogP contribution in [0.5, 0.6) is 0 Å². The molecule has 0 spiro atoms. The average Bonchev–Trinajstić information content (AvgIpc) is 3.92. The molecule has 8 aromatic carbocycles. The van der Waals surface area contributed by atoms with Crippen molar-refractivity contribution in [2.75, 3.05) is 0 Å². The normalized spacial score (nSPS) is 12.0. The zero-order valence-electron chi connectivity index (χ0n) is 29.3. The van der Waals surface area contributed by atoms with E-state index < -0.39 is 0 Å². The second kappa shape index (κ2) is 11.5. The monoisotopic (exact) mass is 704 g/mol. The van der Waals surface area contributed by atoms with Crippen molar-refractivity contribution in [3.63, 3.8) is 0 Å². The van der Waals surface area contributed by atoms with E-state index in [1.54, 1.807) is 0 Å². The van der Waals surface area contributed by atoms with Crippen molar-refractivity contribution in [1.82, 2.24) is 19.5 Å². The predicted molar refractivity (Wildman–Crippen MR) is 223 cm³/mol. The summed E-state index contributed by atoms with van der Waals surface area (Å²) in [6, 6.07) is 58.5. The van der Waals surface area contributed by atoms with Crippen LogP contribution in [-0.4, -0.2) is 19.5 Å². The number of para-hydroxylation sites is 4. The van der Waals surface area contributed by atoms with E-state index in [4.69, 9.17) is 23.8 Å². The molecule has 12 rings (SSSR count). The summed E-state index contributed by atoms with van der Waals surface area (Å²) in [7, 11) is 0. The van der Waals surface area contributed by atoms with Crippen molar-refractivity contribution in [2.24, 2.45) is 0 Å². The van der Waals surface area contributed by atoms with Gasteiger partial charge in [-0.25, -0.2) is 15.0 Å². The van der Waals surface area contributed by atoms with Gasteiger partial charge in [-0.05, 0) is 59.3 Å². The quantitative estimate of drug-likeness (QED) is 0.182. The first-order valence-corrected chi connectivity index (χ1v) is 18.4. The molecular formula is C49H28N4O2. The van der Waals surface area contributed by atoms with Gasteiger partial charge in [-0.15, -0.1) is 0 Å². The topological polar surface area (TPSA) is 69.9 Å². The van der Waals surface area contributed by atoms with Gasteiger partial charge < -0.3 is 13.4 Å². The van der Waals surface area contributed by atoms with Gasteiger partial charge >= 0.3 is 0 Å². The third-order valence-electron chi connectivity index (χ3n) is 10.8. The van der Waals surface area contributed by atoms with Crippen molar-refractivity contribution in [3.8, 4) is 39.9 Å². The molecule has 6 nitrogen and oxygen atoms in total. The molecule has 0 saturated heterocycles. The highest BCUT2D eigenvalue weighted by atomic mass is 16.3. The number of furan rings is 2. The Balaban J connectivity index is 1.23. The van der Waals surface area contributed by atoms with Crippen LogP contribution in [0.3, 0.4) is 0 Å². The standard InChI is InChI=1S/C49H28N4O2/c1-2-13-29(14-3-1)47-50-48(52-49(51-47)37-21-12-20-34-33-18-7-10-23-41(33)55-46(34)37)36-25-26-43-44(35-19-8-11-24-42(35)54-43)45(36)53-39-22-9-6-17-32(39)38-27-30-15-4-5-16-31(30)28-40(38)53/h1-28H. The van der Waals surface area contributed by atoms with E-state index in [1.807, 2.05) is 78.9 Å². The van der Waals surface area contributed by atoms with Gasteiger partial charge in [0.15, 0.2) is 17.5 Å². The lowest BCUT2D eigenvalue weighted by atomic mass is 10.0. The highest BCUT2D eigenvalue weighted by Crippen LogP contribution is 2.44. The number of hydrogen-bond acceptors (Lipinski definition) is 5. The molecule has 55 heavy (non-hydrogen) atoms. The summed E-state index contributed by atoms with van der Waals surface area (Å²) in [6.07, 6.45) is 0. The van der Waals surface area contributed by atoms with Gasteiger partial charge in [0.1, 0.15) is 22.3 Å². The van der Waals surface area contributed by atoms with E-state index in [-0.39, 0.29) is 0 Å². The molecule has 0 atom stereocenters. The molecule has 0 N–H and O–H groups in total. The SMILES string of the molecule is c1ccc(-c2nc(-c3ccc4oc5ccccc5c4c3-n3c4ccccc4c4cc5ccccc5cc43)nc(-c3cccc4c3oc3ccccc34)n2)cc1. The van der Waals surface area contributed by atoms with Gasteiger partial charge in [0.2, 0.25) is 0 Å². The van der Waals surface area contributed by atoms with Crippen LogP contribution in [0, 0.1) is 0 Å². The maximum Gasteiger partial charge on any atom is 0.167 e. The van der Waals surface area contributed by atoms with Crippen LogP contribution in [0.25, 0.3) is 116 Å². The van der Waals surface area contributed by atoms with Crippen LogP contribution in [0.2, 0.25) is 0 Å². The summed E-state index contributed by atoms with van der Waals surface area (Å²) in [5, 5.41) is 8.77. The molecule has 6 heteroatoms. The molecule has 0 radical (unpaired) electrons. The summed E-state index contributed by atoms with van der Waals surface area (Å²) in [5.41, 5.74) is 8.83. The smallest absolute Gasteiger partial charge is 0.167 e. The third-order valence-corrected chi connectivity index (χ3v) is 10.8. The van der Waals surface area contributed by atoms with Gasteiger partial charge in [-0.1, -0.05) is 121 Å². The minimum Gasteiger partial charge on any atom is -0.456 e. The number of fused-ring (bicyclic) bond motifs is 10. The van der Waals surface area contributed by atoms with Gasteiger partial charge in [0, 0.05) is 38.1 Å². The Morgan fingerprint density at radius 1 is 0.382 bits per heavy atom. The number of aromatic nitrogens is 4. The summed E-state index contributed by atoms with van der Waals surface area (Å²) < 4.78 is 15.5. The van der Waals surface area contributed by atoms with Gasteiger partial charge in [0.25, 0.3) is 0 Å². The maximum absolute atomic E-state index is 6.56. The molecule has 0 amide bonds. The fourth-order valence-electron chi connectivity index (χ4n) is 8.36. The zero-order valence-corrected chi connectivity index (χ0v) is 29.3. The molecular weight excluding hydrogens is 677 g/mol.